The van der Waals surface area contributed by atoms with Crippen LogP contribution in [0.25, 0.3) is 0 Å². The highest BCUT2D eigenvalue weighted by molar-refractivity contribution is 5.90. The molecule has 5 heteroatoms. The van der Waals surface area contributed by atoms with Gasteiger partial charge in [-0.3, -0.25) is 4.79 Å². The monoisotopic (exact) mass is 395 g/mol. The second-order valence-corrected chi connectivity index (χ2v) is 8.31. The number of fused-ring (bicyclic) bond motifs is 1. The smallest absolute Gasteiger partial charge is 0.343 e. The lowest BCUT2D eigenvalue weighted by molar-refractivity contribution is -0.115. The first kappa shape index (κ1) is 19.7. The molecule has 1 fully saturated rings. The van der Waals surface area contributed by atoms with E-state index in [2.05, 4.69) is 5.32 Å². The highest BCUT2D eigenvalue weighted by Crippen LogP contribution is 2.49. The van der Waals surface area contributed by atoms with Crippen LogP contribution in [0.15, 0.2) is 33.5 Å². The summed E-state index contributed by atoms with van der Waals surface area (Å²) in [4.78, 5) is 24.8. The van der Waals surface area contributed by atoms with Crippen molar-refractivity contribution in [3.05, 3.63) is 57.1 Å². The maximum atomic E-state index is 13.0. The predicted molar refractivity (Wildman–Crippen MR) is 112 cm³/mol. The lowest BCUT2D eigenvalue weighted by Gasteiger charge is -2.22. The van der Waals surface area contributed by atoms with Crippen molar-refractivity contribution >= 4 is 11.6 Å². The van der Waals surface area contributed by atoms with Gasteiger partial charge in [-0.05, 0) is 55.7 Å². The van der Waals surface area contributed by atoms with Gasteiger partial charge in [-0.25, -0.2) is 4.79 Å². The van der Waals surface area contributed by atoms with Gasteiger partial charge in [0.1, 0.15) is 11.5 Å². The Morgan fingerprint density at radius 1 is 1.21 bits per heavy atom. The Kier molecular flexibility index (Phi) is 5.74. The fourth-order valence-corrected chi connectivity index (χ4v) is 4.46. The van der Waals surface area contributed by atoms with Gasteiger partial charge in [-0.2, -0.15) is 0 Å². The van der Waals surface area contributed by atoms with Crippen molar-refractivity contribution in [1.82, 2.24) is 0 Å². The molecule has 4 rings (SSSR count). The van der Waals surface area contributed by atoms with E-state index in [-0.39, 0.29) is 17.6 Å². The fourth-order valence-electron chi connectivity index (χ4n) is 4.46. The first-order valence-corrected chi connectivity index (χ1v) is 10.9. The van der Waals surface area contributed by atoms with Crippen LogP contribution in [0.4, 0.5) is 5.69 Å². The molecule has 29 heavy (non-hydrogen) atoms. The molecule has 0 saturated heterocycles. The van der Waals surface area contributed by atoms with Crippen molar-refractivity contribution in [2.45, 2.75) is 70.6 Å². The minimum atomic E-state index is -0.415. The average molecular weight is 395 g/mol. The largest absolute Gasteiger partial charge is 0.507 e. The number of amides is 1. The Labute approximate surface area is 171 Å². The van der Waals surface area contributed by atoms with Crippen molar-refractivity contribution in [3.63, 3.8) is 0 Å². The van der Waals surface area contributed by atoms with Gasteiger partial charge in [0.25, 0.3) is 0 Å². The average Bonchev–Trinajstić information content (AvgIpc) is 3.51. The third-order valence-corrected chi connectivity index (χ3v) is 6.15. The number of carbonyl (C=O) groups is 1. The van der Waals surface area contributed by atoms with E-state index in [0.29, 0.717) is 30.1 Å². The molecule has 1 unspecified atom stereocenters. The quantitative estimate of drug-likeness (QED) is 0.755. The lowest BCUT2D eigenvalue weighted by Crippen LogP contribution is -2.19. The summed E-state index contributed by atoms with van der Waals surface area (Å²) >= 11 is 0. The zero-order valence-electron chi connectivity index (χ0n) is 17.0. The molecule has 2 aromatic rings. The van der Waals surface area contributed by atoms with Gasteiger partial charge in [0.05, 0.1) is 5.56 Å². The van der Waals surface area contributed by atoms with E-state index in [9.17, 15) is 14.7 Å². The van der Waals surface area contributed by atoms with Gasteiger partial charge < -0.3 is 14.8 Å². The van der Waals surface area contributed by atoms with Crippen LogP contribution in [-0.4, -0.2) is 11.0 Å². The number of nitrogens with one attached hydrogen (secondary N) is 1. The molecule has 1 atom stereocenters. The molecule has 1 aromatic heterocycles. The minimum Gasteiger partial charge on any atom is -0.507 e. The summed E-state index contributed by atoms with van der Waals surface area (Å²) in [5, 5.41) is 14.1. The summed E-state index contributed by atoms with van der Waals surface area (Å²) in [6.45, 7) is 1.81. The third kappa shape index (κ3) is 4.24. The Morgan fingerprint density at radius 3 is 2.69 bits per heavy atom. The molecule has 1 aromatic carbocycles. The summed E-state index contributed by atoms with van der Waals surface area (Å²) in [5.74, 6) is 0.856. The number of carbonyl (C=O) groups excluding carboxylic acids is 1. The van der Waals surface area contributed by atoms with Crippen LogP contribution in [0.5, 0.6) is 5.75 Å². The van der Waals surface area contributed by atoms with Gasteiger partial charge in [-0.15, -0.1) is 0 Å². The van der Waals surface area contributed by atoms with Crippen LogP contribution in [-0.2, 0) is 17.6 Å². The van der Waals surface area contributed by atoms with Crippen LogP contribution in [0.1, 0.15) is 80.2 Å². The predicted octanol–water partition coefficient (Wildman–Crippen LogP) is 4.89. The molecule has 0 aliphatic heterocycles. The van der Waals surface area contributed by atoms with Crippen molar-refractivity contribution in [2.24, 2.45) is 5.92 Å². The van der Waals surface area contributed by atoms with E-state index >= 15 is 0 Å². The zero-order chi connectivity index (χ0) is 20.4. The minimum absolute atomic E-state index is 0.0476. The van der Waals surface area contributed by atoms with E-state index in [0.717, 1.165) is 61.8 Å². The Balaban J connectivity index is 1.77. The van der Waals surface area contributed by atoms with Crippen molar-refractivity contribution in [2.75, 3.05) is 5.32 Å². The summed E-state index contributed by atoms with van der Waals surface area (Å²) in [7, 11) is 0. The molecule has 5 nitrogen and oxygen atoms in total. The Morgan fingerprint density at radius 2 is 1.97 bits per heavy atom. The number of anilines is 1. The van der Waals surface area contributed by atoms with Crippen LogP contribution >= 0.6 is 0 Å². The molecule has 0 radical (unpaired) electrons. The second kappa shape index (κ2) is 8.44. The summed E-state index contributed by atoms with van der Waals surface area (Å²) in [6, 6.07) is 7.64. The van der Waals surface area contributed by atoms with E-state index in [4.69, 9.17) is 4.42 Å². The van der Waals surface area contributed by atoms with Crippen LogP contribution < -0.4 is 10.9 Å². The van der Waals surface area contributed by atoms with E-state index in [1.54, 1.807) is 0 Å². The number of rotatable bonds is 5. The molecular formula is C24H29NO4. The first-order valence-electron chi connectivity index (χ1n) is 10.9. The van der Waals surface area contributed by atoms with Crippen LogP contribution in [0.3, 0.4) is 0 Å². The topological polar surface area (TPSA) is 79.5 Å². The van der Waals surface area contributed by atoms with E-state index in [1.165, 1.54) is 0 Å². The van der Waals surface area contributed by atoms with E-state index < -0.39 is 5.63 Å². The normalized spacial score (nSPS) is 17.7. The second-order valence-electron chi connectivity index (χ2n) is 8.31. The maximum absolute atomic E-state index is 13.0. The van der Waals surface area contributed by atoms with Gasteiger partial charge in [0.15, 0.2) is 0 Å². The number of aryl methyl sites for hydroxylation is 1. The molecule has 1 saturated carbocycles. The molecule has 154 valence electrons. The van der Waals surface area contributed by atoms with Gasteiger partial charge in [0.2, 0.25) is 5.91 Å². The van der Waals surface area contributed by atoms with Gasteiger partial charge in [0, 0.05) is 30.0 Å². The zero-order valence-corrected chi connectivity index (χ0v) is 17.0. The molecule has 1 amide bonds. The fraction of sp³-hybridized carbons (Fsp3) is 0.500. The molecule has 0 bridgehead atoms. The lowest BCUT2D eigenvalue weighted by atomic mass is 9.85. The Bertz CT molecular complexity index is 958. The van der Waals surface area contributed by atoms with Crippen molar-refractivity contribution in [1.29, 1.82) is 0 Å². The summed E-state index contributed by atoms with van der Waals surface area (Å²) in [5.41, 5.74) is 2.46. The SMILES string of the molecule is CCC(=O)Nc1cccc(C(c2c(O)c3c(oc2=O)CCCCCC3)C2CC2)c1. The molecule has 2 aliphatic carbocycles. The van der Waals surface area contributed by atoms with Gasteiger partial charge in [-0.1, -0.05) is 31.9 Å². The van der Waals surface area contributed by atoms with Gasteiger partial charge >= 0.3 is 5.63 Å². The maximum Gasteiger partial charge on any atom is 0.343 e. The molecule has 2 aliphatic rings. The highest BCUT2D eigenvalue weighted by Gasteiger charge is 2.38. The Hall–Kier alpha value is -2.56. The first-order chi connectivity index (χ1) is 14.1. The molecule has 1 heterocycles. The van der Waals surface area contributed by atoms with Crippen molar-refractivity contribution in [3.8, 4) is 5.75 Å². The number of aromatic hydroxyl groups is 1. The summed E-state index contributed by atoms with van der Waals surface area (Å²) < 4.78 is 5.75. The van der Waals surface area contributed by atoms with E-state index in [1.807, 2.05) is 31.2 Å². The summed E-state index contributed by atoms with van der Waals surface area (Å²) in [6.07, 6.45) is 8.17. The number of benzene rings is 1. The highest BCUT2D eigenvalue weighted by atomic mass is 16.4. The van der Waals surface area contributed by atoms with Crippen LogP contribution in [0.2, 0.25) is 0 Å². The third-order valence-electron chi connectivity index (χ3n) is 6.15. The standard InChI is InChI=1S/C24H29NO4/c1-2-20(26)25-17-9-7-8-16(14-17)21(15-12-13-15)22-23(27)18-10-5-3-4-6-11-19(18)29-24(22)28/h7-9,14-15,21,27H,2-6,10-13H2,1H3,(H,25,26). The number of hydrogen-bond donors (Lipinski definition) is 2. The van der Waals surface area contributed by atoms with Crippen LogP contribution in [0, 0.1) is 5.92 Å². The number of hydrogen-bond acceptors (Lipinski definition) is 4. The molecular weight excluding hydrogens is 366 g/mol. The molecule has 0 spiro atoms. The van der Waals surface area contributed by atoms with Crippen molar-refractivity contribution < 1.29 is 14.3 Å². The molecule has 2 N–H and O–H groups in total.